The van der Waals surface area contributed by atoms with Gasteiger partial charge in [0.1, 0.15) is 35.3 Å². The zero-order chi connectivity index (χ0) is 17.1. The molecule has 0 radical (unpaired) electrons. The average molecular weight is 340 g/mol. The normalized spacial score (nSPS) is 34.3. The van der Waals surface area contributed by atoms with E-state index in [-0.39, 0.29) is 13.0 Å². The van der Waals surface area contributed by atoms with E-state index in [4.69, 9.17) is 25.8 Å². The van der Waals surface area contributed by atoms with Gasteiger partial charge >= 0.3 is 11.9 Å². The number of carbonyl (C=O) groups is 2. The van der Waals surface area contributed by atoms with Crippen LogP contribution in [0.1, 0.15) is 6.42 Å². The Bertz CT molecular complexity index is 425. The number of thiol groups is 1. The molecule has 0 aromatic heterocycles. The number of aliphatic hydroxyl groups is 3. The number of aliphatic carboxylic acids is 2. The third kappa shape index (κ3) is 4.29. The molecule has 0 bridgehead atoms. The van der Waals surface area contributed by atoms with E-state index in [9.17, 15) is 19.8 Å². The van der Waals surface area contributed by atoms with Gasteiger partial charge in [-0.3, -0.25) is 9.59 Å². The average Bonchev–Trinajstić information content (AvgIpc) is 2.67. The molecule has 0 aromatic rings. The second-order valence-electron chi connectivity index (χ2n) is 5.07. The second-order valence-corrected chi connectivity index (χ2v) is 5.82. The highest BCUT2D eigenvalue weighted by Gasteiger charge is 2.53. The van der Waals surface area contributed by atoms with E-state index in [1.807, 2.05) is 0 Å². The standard InChI is InChI=1S/C11H20N2O8S/c12-4(9(17)18)2-13-5(10(19)20)1-11(22)8(16)7(15)6(3-14)21-11/h4-8,13-16,22H,1-3,12H2,(H,17,18)(H,19,20)/t4-,5-,6+,7-,8+,11?/m0/s1. The molecule has 1 fully saturated rings. The minimum atomic E-state index is -1.71. The van der Waals surface area contributed by atoms with Crippen molar-refractivity contribution in [1.29, 1.82) is 0 Å². The van der Waals surface area contributed by atoms with Crippen molar-refractivity contribution in [3.05, 3.63) is 0 Å². The number of hydrogen-bond acceptors (Lipinski definition) is 9. The SMILES string of the molecule is N[C@@H](CN[C@@H](CC1(S)O[C@H](CO)[C@H](O)[C@H]1O)C(=O)O)C(=O)O. The van der Waals surface area contributed by atoms with Gasteiger partial charge in [0.15, 0.2) is 0 Å². The van der Waals surface area contributed by atoms with Crippen LogP contribution in [0.25, 0.3) is 0 Å². The van der Waals surface area contributed by atoms with Crippen LogP contribution in [0, 0.1) is 0 Å². The maximum absolute atomic E-state index is 11.2. The number of carboxylic acids is 2. The summed E-state index contributed by atoms with van der Waals surface area (Å²) < 4.78 is 5.22. The van der Waals surface area contributed by atoms with Gasteiger partial charge in [-0.25, -0.2) is 0 Å². The van der Waals surface area contributed by atoms with E-state index in [0.717, 1.165) is 0 Å². The lowest BCUT2D eigenvalue weighted by Crippen LogP contribution is -2.51. The van der Waals surface area contributed by atoms with Gasteiger partial charge in [-0.2, -0.15) is 0 Å². The number of rotatable bonds is 8. The lowest BCUT2D eigenvalue weighted by atomic mass is 10.0. The van der Waals surface area contributed by atoms with Crippen LogP contribution >= 0.6 is 12.6 Å². The van der Waals surface area contributed by atoms with E-state index in [0.29, 0.717) is 0 Å². The van der Waals surface area contributed by atoms with Gasteiger partial charge in [-0.1, -0.05) is 0 Å². The zero-order valence-electron chi connectivity index (χ0n) is 11.5. The van der Waals surface area contributed by atoms with Crippen LogP contribution < -0.4 is 11.1 Å². The van der Waals surface area contributed by atoms with E-state index < -0.39 is 53.9 Å². The number of aliphatic hydroxyl groups excluding tert-OH is 3. The van der Waals surface area contributed by atoms with Crippen LogP contribution in [0.15, 0.2) is 0 Å². The zero-order valence-corrected chi connectivity index (χ0v) is 12.4. The summed E-state index contributed by atoms with van der Waals surface area (Å²) in [5, 5.41) is 48.9. The molecule has 128 valence electrons. The fraction of sp³-hybridized carbons (Fsp3) is 0.818. The van der Waals surface area contributed by atoms with Crippen LogP contribution in [-0.4, -0.2) is 86.0 Å². The molecule has 0 spiro atoms. The predicted octanol–water partition coefficient (Wildman–Crippen LogP) is -3.43. The summed E-state index contributed by atoms with van der Waals surface area (Å²) in [6.07, 6.45) is -4.42. The first-order valence-electron chi connectivity index (χ1n) is 6.44. The van der Waals surface area contributed by atoms with Crippen molar-refractivity contribution in [1.82, 2.24) is 5.32 Å². The molecule has 1 saturated heterocycles. The summed E-state index contributed by atoms with van der Waals surface area (Å²) in [7, 11) is 0. The van der Waals surface area contributed by atoms with Crippen molar-refractivity contribution in [2.24, 2.45) is 5.73 Å². The second kappa shape index (κ2) is 7.55. The Labute approximate surface area is 131 Å². The van der Waals surface area contributed by atoms with Gasteiger partial charge in [0, 0.05) is 13.0 Å². The van der Waals surface area contributed by atoms with Gasteiger partial charge in [0.05, 0.1) is 6.61 Å². The van der Waals surface area contributed by atoms with Gasteiger partial charge in [0.25, 0.3) is 0 Å². The third-order valence-electron chi connectivity index (χ3n) is 3.40. The predicted molar refractivity (Wildman–Crippen MR) is 75.3 cm³/mol. The van der Waals surface area contributed by atoms with Gasteiger partial charge < -0.3 is 41.3 Å². The maximum Gasteiger partial charge on any atom is 0.321 e. The molecule has 0 saturated carbocycles. The molecule has 0 aromatic carbocycles. The molecule has 10 nitrogen and oxygen atoms in total. The Hall–Kier alpha value is -0.950. The highest BCUT2D eigenvalue weighted by molar-refractivity contribution is 7.81. The van der Waals surface area contributed by atoms with Crippen molar-refractivity contribution in [3.63, 3.8) is 0 Å². The first kappa shape index (κ1) is 19.1. The number of hydrogen-bond donors (Lipinski definition) is 8. The summed E-state index contributed by atoms with van der Waals surface area (Å²) in [5.74, 6) is -2.63. The highest BCUT2D eigenvalue weighted by atomic mass is 32.1. The van der Waals surface area contributed by atoms with Crippen LogP contribution in [0.2, 0.25) is 0 Å². The molecule has 1 aliphatic heterocycles. The molecule has 8 N–H and O–H groups in total. The van der Waals surface area contributed by atoms with E-state index >= 15 is 0 Å². The topological polar surface area (TPSA) is 183 Å². The number of nitrogens with two attached hydrogens (primary N) is 1. The Morgan fingerprint density at radius 2 is 1.91 bits per heavy atom. The number of ether oxygens (including phenoxy) is 1. The minimum absolute atomic E-state index is 0.321. The number of nitrogens with one attached hydrogen (secondary N) is 1. The quantitative estimate of drug-likeness (QED) is 0.207. The summed E-state index contributed by atoms with van der Waals surface area (Å²) in [4.78, 5) is 20.1. The van der Waals surface area contributed by atoms with Crippen LogP contribution in [0.3, 0.4) is 0 Å². The molecule has 0 aliphatic carbocycles. The molecule has 11 heteroatoms. The maximum atomic E-state index is 11.2. The van der Waals surface area contributed by atoms with Crippen LogP contribution in [-0.2, 0) is 14.3 Å². The molecule has 1 rings (SSSR count). The fourth-order valence-corrected chi connectivity index (χ4v) is 2.55. The molecular weight excluding hydrogens is 320 g/mol. The lowest BCUT2D eigenvalue weighted by molar-refractivity contribution is -0.143. The summed E-state index contributed by atoms with van der Waals surface area (Å²) >= 11 is 4.07. The Balaban J connectivity index is 2.74. The van der Waals surface area contributed by atoms with Gasteiger partial charge in [-0.15, -0.1) is 12.6 Å². The van der Waals surface area contributed by atoms with Crippen molar-refractivity contribution < 1.29 is 39.9 Å². The number of carboxylic acid groups (broad SMARTS) is 2. The molecule has 6 atom stereocenters. The Kier molecular flexibility index (Phi) is 6.55. The van der Waals surface area contributed by atoms with Crippen LogP contribution in [0.5, 0.6) is 0 Å². The Morgan fingerprint density at radius 3 is 2.32 bits per heavy atom. The monoisotopic (exact) mass is 340 g/mol. The molecule has 1 unspecified atom stereocenters. The van der Waals surface area contributed by atoms with E-state index in [1.165, 1.54) is 0 Å². The van der Waals surface area contributed by atoms with Crippen molar-refractivity contribution in [2.45, 2.75) is 41.7 Å². The molecule has 1 aliphatic rings. The lowest BCUT2D eigenvalue weighted by Gasteiger charge is -2.30. The largest absolute Gasteiger partial charge is 0.480 e. The summed E-state index contributed by atoms with van der Waals surface area (Å²) in [6, 6.07) is -2.62. The van der Waals surface area contributed by atoms with Gasteiger partial charge in [0.2, 0.25) is 0 Å². The van der Waals surface area contributed by atoms with Crippen molar-refractivity contribution in [2.75, 3.05) is 13.2 Å². The third-order valence-corrected chi connectivity index (χ3v) is 3.95. The van der Waals surface area contributed by atoms with Gasteiger partial charge in [-0.05, 0) is 0 Å². The Morgan fingerprint density at radius 1 is 1.32 bits per heavy atom. The smallest absolute Gasteiger partial charge is 0.321 e. The first-order valence-corrected chi connectivity index (χ1v) is 6.89. The molecule has 22 heavy (non-hydrogen) atoms. The first-order chi connectivity index (χ1) is 10.1. The van der Waals surface area contributed by atoms with Crippen molar-refractivity contribution >= 4 is 24.6 Å². The summed E-state index contributed by atoms with van der Waals surface area (Å²) in [5.41, 5.74) is 5.27. The van der Waals surface area contributed by atoms with Crippen molar-refractivity contribution in [3.8, 4) is 0 Å². The van der Waals surface area contributed by atoms with E-state index in [2.05, 4.69) is 17.9 Å². The van der Waals surface area contributed by atoms with Crippen LogP contribution in [0.4, 0.5) is 0 Å². The highest BCUT2D eigenvalue weighted by Crippen LogP contribution is 2.38. The minimum Gasteiger partial charge on any atom is -0.480 e. The van der Waals surface area contributed by atoms with E-state index in [1.54, 1.807) is 0 Å². The molecular formula is C11H20N2O8S. The summed E-state index contributed by atoms with van der Waals surface area (Å²) in [6.45, 7) is -0.895. The molecule has 1 heterocycles. The fourth-order valence-electron chi connectivity index (χ4n) is 2.08. The molecule has 0 amide bonds.